The number of nitrogens with one attached hydrogen (secondary N) is 1. The maximum absolute atomic E-state index is 12.4. The van der Waals surface area contributed by atoms with Crippen molar-refractivity contribution in [1.82, 2.24) is 5.32 Å². The average Bonchev–Trinajstić information content (AvgIpc) is 3.22. The van der Waals surface area contributed by atoms with Gasteiger partial charge in [-0.15, -0.1) is 0 Å². The third kappa shape index (κ3) is 2.94. The van der Waals surface area contributed by atoms with Crippen LogP contribution in [0.15, 0.2) is 24.3 Å². The predicted octanol–water partition coefficient (Wildman–Crippen LogP) is 3.99. The van der Waals surface area contributed by atoms with Crippen LogP contribution < -0.4 is 5.32 Å². The molecule has 0 aromatic heterocycles. The molecule has 0 bridgehead atoms. The van der Waals surface area contributed by atoms with E-state index in [9.17, 15) is 13.2 Å². The van der Waals surface area contributed by atoms with Gasteiger partial charge in [-0.1, -0.05) is 12.1 Å². The molecular weight excluding hydrogens is 251 g/mol. The topological polar surface area (TPSA) is 12.0 Å². The second-order valence-corrected chi connectivity index (χ2v) is 5.93. The van der Waals surface area contributed by atoms with Gasteiger partial charge in [-0.3, -0.25) is 0 Å². The lowest BCUT2D eigenvalue weighted by Gasteiger charge is -2.15. The summed E-state index contributed by atoms with van der Waals surface area (Å²) in [5.74, 6) is 0.910. The zero-order chi connectivity index (χ0) is 13.5. The largest absolute Gasteiger partial charge is 0.416 e. The van der Waals surface area contributed by atoms with Crippen molar-refractivity contribution in [3.8, 4) is 0 Å². The molecule has 1 N–H and O–H groups in total. The van der Waals surface area contributed by atoms with Crippen molar-refractivity contribution in [3.05, 3.63) is 35.4 Å². The predicted molar refractivity (Wildman–Crippen MR) is 67.5 cm³/mol. The van der Waals surface area contributed by atoms with E-state index in [1.165, 1.54) is 25.7 Å². The van der Waals surface area contributed by atoms with Crippen LogP contribution in [0.3, 0.4) is 0 Å². The van der Waals surface area contributed by atoms with Crippen LogP contribution in [-0.4, -0.2) is 6.54 Å². The molecule has 2 aliphatic rings. The molecule has 0 radical (unpaired) electrons. The monoisotopic (exact) mass is 269 g/mol. The Labute approximate surface area is 111 Å². The maximum Gasteiger partial charge on any atom is 0.416 e. The van der Waals surface area contributed by atoms with Crippen LogP contribution in [0.1, 0.15) is 36.8 Å². The van der Waals surface area contributed by atoms with E-state index in [4.69, 9.17) is 0 Å². The van der Waals surface area contributed by atoms with E-state index in [0.29, 0.717) is 12.0 Å². The number of hydrogen-bond acceptors (Lipinski definition) is 1. The second-order valence-electron chi connectivity index (χ2n) is 5.93. The number of benzene rings is 1. The Balaban J connectivity index is 1.50. The molecule has 1 nitrogen and oxygen atoms in total. The minimum atomic E-state index is -4.24. The number of hydrogen-bond donors (Lipinski definition) is 1. The van der Waals surface area contributed by atoms with Crippen molar-refractivity contribution in [2.24, 2.45) is 11.3 Å². The Morgan fingerprint density at radius 3 is 2.21 bits per heavy atom. The van der Waals surface area contributed by atoms with E-state index in [1.54, 1.807) is 12.1 Å². The van der Waals surface area contributed by atoms with Crippen molar-refractivity contribution < 1.29 is 13.2 Å². The summed E-state index contributed by atoms with van der Waals surface area (Å²) >= 11 is 0. The minimum Gasteiger partial charge on any atom is -0.312 e. The summed E-state index contributed by atoms with van der Waals surface area (Å²) in [5, 5.41) is 3.40. The molecule has 0 unspecified atom stereocenters. The molecule has 0 spiro atoms. The average molecular weight is 269 g/mol. The number of alkyl halides is 3. The highest BCUT2D eigenvalue weighted by Gasteiger charge is 2.53. The van der Waals surface area contributed by atoms with Crippen LogP contribution in [0.25, 0.3) is 0 Å². The van der Waals surface area contributed by atoms with Gasteiger partial charge in [0.25, 0.3) is 0 Å². The normalized spacial score (nSPS) is 21.4. The standard InChI is InChI=1S/C15H18F3N/c16-15(17,18)13-3-1-11(2-4-13)9-19-10-14(7-8-14)12-5-6-12/h1-4,12,19H,5-10H2. The summed E-state index contributed by atoms with van der Waals surface area (Å²) in [6, 6.07) is 5.44. The van der Waals surface area contributed by atoms with Crippen molar-refractivity contribution in [3.63, 3.8) is 0 Å². The van der Waals surface area contributed by atoms with Crippen LogP contribution >= 0.6 is 0 Å². The van der Waals surface area contributed by atoms with Gasteiger partial charge in [0.05, 0.1) is 5.56 Å². The third-order valence-corrected chi connectivity index (χ3v) is 4.42. The summed E-state index contributed by atoms with van der Waals surface area (Å²) in [5.41, 5.74) is 0.874. The Bertz CT molecular complexity index is 441. The number of rotatable bonds is 5. The Morgan fingerprint density at radius 1 is 1.11 bits per heavy atom. The van der Waals surface area contributed by atoms with E-state index in [1.807, 2.05) is 0 Å². The summed E-state index contributed by atoms with van der Waals surface area (Å²) in [4.78, 5) is 0. The van der Waals surface area contributed by atoms with E-state index < -0.39 is 11.7 Å². The zero-order valence-electron chi connectivity index (χ0n) is 10.8. The maximum atomic E-state index is 12.4. The Morgan fingerprint density at radius 2 is 1.74 bits per heavy atom. The van der Waals surface area contributed by atoms with E-state index >= 15 is 0 Å². The molecule has 0 aliphatic heterocycles. The quantitative estimate of drug-likeness (QED) is 0.852. The smallest absolute Gasteiger partial charge is 0.312 e. The third-order valence-electron chi connectivity index (χ3n) is 4.42. The molecule has 1 aromatic carbocycles. The number of halogens is 3. The van der Waals surface area contributed by atoms with E-state index in [-0.39, 0.29) is 0 Å². The fraction of sp³-hybridized carbons (Fsp3) is 0.600. The molecule has 2 aliphatic carbocycles. The van der Waals surface area contributed by atoms with Crippen molar-refractivity contribution in [2.75, 3.05) is 6.54 Å². The first-order chi connectivity index (χ1) is 9.00. The van der Waals surface area contributed by atoms with Gasteiger partial charge in [0.2, 0.25) is 0 Å². The fourth-order valence-corrected chi connectivity index (χ4v) is 2.85. The van der Waals surface area contributed by atoms with Crippen LogP contribution in [0.5, 0.6) is 0 Å². The van der Waals surface area contributed by atoms with E-state index in [2.05, 4.69) is 5.32 Å². The Kier molecular flexibility index (Phi) is 3.08. The highest BCUT2D eigenvalue weighted by molar-refractivity contribution is 5.24. The van der Waals surface area contributed by atoms with Gasteiger partial charge in [0.15, 0.2) is 0 Å². The summed E-state index contributed by atoms with van der Waals surface area (Å²) in [6.07, 6.45) is 1.12. The van der Waals surface area contributed by atoms with Gasteiger partial charge >= 0.3 is 6.18 Å². The first-order valence-corrected chi connectivity index (χ1v) is 6.86. The van der Waals surface area contributed by atoms with Crippen molar-refractivity contribution >= 4 is 0 Å². The molecule has 2 saturated carbocycles. The molecule has 4 heteroatoms. The minimum absolute atomic E-state index is 0.534. The molecule has 1 aromatic rings. The van der Waals surface area contributed by atoms with Crippen LogP contribution in [-0.2, 0) is 12.7 Å². The van der Waals surface area contributed by atoms with E-state index in [0.717, 1.165) is 30.2 Å². The van der Waals surface area contributed by atoms with Crippen LogP contribution in [0.4, 0.5) is 13.2 Å². The lowest BCUT2D eigenvalue weighted by Crippen LogP contribution is -2.25. The molecule has 0 saturated heterocycles. The SMILES string of the molecule is FC(F)(F)c1ccc(CNCC2(C3CC3)CC2)cc1. The van der Waals surface area contributed by atoms with Crippen LogP contribution in [0, 0.1) is 11.3 Å². The molecule has 0 heterocycles. The lowest BCUT2D eigenvalue weighted by atomic mass is 10.0. The van der Waals surface area contributed by atoms with Crippen molar-refractivity contribution in [2.45, 2.75) is 38.4 Å². The summed E-state index contributed by atoms with van der Waals surface area (Å²) in [7, 11) is 0. The zero-order valence-corrected chi connectivity index (χ0v) is 10.8. The molecule has 2 fully saturated rings. The second kappa shape index (κ2) is 4.51. The first-order valence-electron chi connectivity index (χ1n) is 6.86. The molecular formula is C15H18F3N. The molecule has 0 atom stereocenters. The highest BCUT2D eigenvalue weighted by Crippen LogP contribution is 2.60. The first kappa shape index (κ1) is 13.0. The molecule has 104 valence electrons. The van der Waals surface area contributed by atoms with Gasteiger partial charge in [0, 0.05) is 13.1 Å². The van der Waals surface area contributed by atoms with Crippen LogP contribution in [0.2, 0.25) is 0 Å². The molecule has 19 heavy (non-hydrogen) atoms. The van der Waals surface area contributed by atoms with Gasteiger partial charge in [0.1, 0.15) is 0 Å². The van der Waals surface area contributed by atoms with Gasteiger partial charge in [-0.2, -0.15) is 13.2 Å². The fourth-order valence-electron chi connectivity index (χ4n) is 2.85. The Hall–Kier alpha value is -1.03. The van der Waals surface area contributed by atoms with Gasteiger partial charge < -0.3 is 5.32 Å². The highest BCUT2D eigenvalue weighted by atomic mass is 19.4. The molecule has 0 amide bonds. The van der Waals surface area contributed by atoms with Gasteiger partial charge in [-0.25, -0.2) is 0 Å². The van der Waals surface area contributed by atoms with Gasteiger partial charge in [-0.05, 0) is 54.7 Å². The summed E-state index contributed by atoms with van der Waals surface area (Å²) < 4.78 is 37.2. The molecule has 3 rings (SSSR count). The lowest BCUT2D eigenvalue weighted by molar-refractivity contribution is -0.137. The van der Waals surface area contributed by atoms with Crippen molar-refractivity contribution in [1.29, 1.82) is 0 Å². The summed E-state index contributed by atoms with van der Waals surface area (Å²) in [6.45, 7) is 1.67.